The first-order valence-electron chi connectivity index (χ1n) is 9.25. The van der Waals surface area contributed by atoms with Gasteiger partial charge in [-0.25, -0.2) is 9.78 Å². The van der Waals surface area contributed by atoms with Crippen LogP contribution in [0.25, 0.3) is 17.0 Å². The van der Waals surface area contributed by atoms with Crippen molar-refractivity contribution in [3.63, 3.8) is 0 Å². The number of ether oxygens (including phenoxy) is 1. The lowest BCUT2D eigenvalue weighted by molar-refractivity contribution is -0.143. The number of fused-ring (bicyclic) bond motifs is 1. The first kappa shape index (κ1) is 20.1. The van der Waals surface area contributed by atoms with Crippen LogP contribution in [0, 0.1) is 0 Å². The van der Waals surface area contributed by atoms with Gasteiger partial charge in [-0.2, -0.15) is 0 Å². The normalized spacial score (nSPS) is 10.8. The molecule has 2 aromatic carbocycles. The number of hydrogen-bond donors (Lipinski definition) is 1. The third kappa shape index (κ3) is 5.90. The SMILES string of the molecule is CN(C)c1ccc(CNC(=O)COC(=O)/C=C/c2ccc3ccccc3n2)cc1. The summed E-state index contributed by atoms with van der Waals surface area (Å²) < 4.78 is 4.98. The van der Waals surface area contributed by atoms with Crippen molar-refractivity contribution in [2.45, 2.75) is 6.54 Å². The Morgan fingerprint density at radius 1 is 1.03 bits per heavy atom. The van der Waals surface area contributed by atoms with Crippen molar-refractivity contribution in [3.8, 4) is 0 Å². The summed E-state index contributed by atoms with van der Waals surface area (Å²) in [5, 5.41) is 3.76. The van der Waals surface area contributed by atoms with Gasteiger partial charge in [0.15, 0.2) is 6.61 Å². The van der Waals surface area contributed by atoms with E-state index in [0.717, 1.165) is 22.2 Å². The summed E-state index contributed by atoms with van der Waals surface area (Å²) in [6.07, 6.45) is 2.84. The van der Waals surface area contributed by atoms with Crippen LogP contribution in [0.5, 0.6) is 0 Å². The van der Waals surface area contributed by atoms with Crippen molar-refractivity contribution in [2.75, 3.05) is 25.6 Å². The van der Waals surface area contributed by atoms with E-state index in [9.17, 15) is 9.59 Å². The number of esters is 1. The van der Waals surface area contributed by atoms with Crippen LogP contribution < -0.4 is 10.2 Å². The van der Waals surface area contributed by atoms with Crippen LogP contribution in [0.15, 0.2) is 66.7 Å². The Labute approximate surface area is 169 Å². The number of hydrogen-bond acceptors (Lipinski definition) is 5. The zero-order valence-corrected chi connectivity index (χ0v) is 16.5. The van der Waals surface area contributed by atoms with Gasteiger partial charge in [0.25, 0.3) is 5.91 Å². The maximum atomic E-state index is 11.9. The minimum absolute atomic E-state index is 0.329. The van der Waals surface area contributed by atoms with Crippen LogP contribution in [0.4, 0.5) is 5.69 Å². The summed E-state index contributed by atoms with van der Waals surface area (Å²) in [7, 11) is 3.94. The molecule has 0 aliphatic carbocycles. The minimum Gasteiger partial charge on any atom is -0.452 e. The van der Waals surface area contributed by atoms with E-state index in [2.05, 4.69) is 10.3 Å². The van der Waals surface area contributed by atoms with E-state index in [0.29, 0.717) is 12.2 Å². The monoisotopic (exact) mass is 389 g/mol. The zero-order valence-electron chi connectivity index (χ0n) is 16.5. The second-order valence-corrected chi connectivity index (χ2v) is 6.71. The molecule has 6 heteroatoms. The highest BCUT2D eigenvalue weighted by Crippen LogP contribution is 2.13. The van der Waals surface area contributed by atoms with Gasteiger partial charge in [0, 0.05) is 37.8 Å². The van der Waals surface area contributed by atoms with Crippen LogP contribution >= 0.6 is 0 Å². The van der Waals surface area contributed by atoms with Crippen LogP contribution in [-0.4, -0.2) is 37.6 Å². The maximum absolute atomic E-state index is 11.9. The van der Waals surface area contributed by atoms with Gasteiger partial charge in [-0.3, -0.25) is 4.79 Å². The first-order valence-corrected chi connectivity index (χ1v) is 9.25. The largest absolute Gasteiger partial charge is 0.452 e. The van der Waals surface area contributed by atoms with E-state index >= 15 is 0 Å². The summed E-state index contributed by atoms with van der Waals surface area (Å²) in [6.45, 7) is 0.0467. The van der Waals surface area contributed by atoms with Crippen LogP contribution in [0.1, 0.15) is 11.3 Å². The number of benzene rings is 2. The Kier molecular flexibility index (Phi) is 6.58. The molecule has 1 aromatic heterocycles. The number of carbonyl (C=O) groups is 2. The summed E-state index contributed by atoms with van der Waals surface area (Å²) in [5.74, 6) is -0.947. The highest BCUT2D eigenvalue weighted by molar-refractivity contribution is 5.89. The third-order valence-corrected chi connectivity index (χ3v) is 4.30. The van der Waals surface area contributed by atoms with E-state index in [-0.39, 0.29) is 12.5 Å². The number of anilines is 1. The molecule has 3 rings (SSSR count). The first-order chi connectivity index (χ1) is 14.0. The molecule has 1 N–H and O–H groups in total. The standard InChI is InChI=1S/C23H23N3O3/c1-26(2)20-12-7-17(8-13-20)15-24-22(27)16-29-23(28)14-11-19-10-9-18-5-3-4-6-21(18)25-19/h3-14H,15-16H2,1-2H3,(H,24,27)/b14-11+. The van der Waals surface area contributed by atoms with Gasteiger partial charge in [0.1, 0.15) is 0 Å². The number of para-hydroxylation sites is 1. The lowest BCUT2D eigenvalue weighted by Gasteiger charge is -2.12. The molecule has 148 valence electrons. The Hall–Kier alpha value is -3.67. The van der Waals surface area contributed by atoms with E-state index in [1.54, 1.807) is 6.08 Å². The highest BCUT2D eigenvalue weighted by atomic mass is 16.5. The van der Waals surface area contributed by atoms with Crippen molar-refractivity contribution in [3.05, 3.63) is 78.0 Å². The van der Waals surface area contributed by atoms with Crippen LogP contribution in [0.2, 0.25) is 0 Å². The Balaban J connectivity index is 1.44. The predicted molar refractivity (Wildman–Crippen MR) is 114 cm³/mol. The molecule has 0 fully saturated rings. The number of pyridine rings is 1. The molecule has 0 unspecified atom stereocenters. The van der Waals surface area contributed by atoms with Crippen LogP contribution in [-0.2, 0) is 20.9 Å². The van der Waals surface area contributed by atoms with Gasteiger partial charge in [-0.05, 0) is 35.9 Å². The molecule has 0 saturated heterocycles. The summed E-state index contributed by atoms with van der Waals surface area (Å²) in [5.41, 5.74) is 3.55. The van der Waals surface area contributed by atoms with Crippen molar-refractivity contribution in [2.24, 2.45) is 0 Å². The summed E-state index contributed by atoms with van der Waals surface area (Å²) in [4.78, 5) is 30.2. The molecule has 0 aliphatic rings. The molecule has 0 spiro atoms. The molecule has 29 heavy (non-hydrogen) atoms. The summed E-state index contributed by atoms with van der Waals surface area (Å²) in [6, 6.07) is 19.3. The molecule has 0 saturated carbocycles. The second-order valence-electron chi connectivity index (χ2n) is 6.71. The van der Waals surface area contributed by atoms with E-state index in [1.165, 1.54) is 6.08 Å². The smallest absolute Gasteiger partial charge is 0.331 e. The Bertz CT molecular complexity index is 1030. The Morgan fingerprint density at radius 2 is 1.79 bits per heavy atom. The number of rotatable bonds is 7. The average molecular weight is 389 g/mol. The van der Waals surface area contributed by atoms with Gasteiger partial charge in [0.2, 0.25) is 0 Å². The lowest BCUT2D eigenvalue weighted by Crippen LogP contribution is -2.28. The molecular formula is C23H23N3O3. The van der Waals surface area contributed by atoms with Crippen LogP contribution in [0.3, 0.4) is 0 Å². The van der Waals surface area contributed by atoms with Gasteiger partial charge < -0.3 is 15.0 Å². The van der Waals surface area contributed by atoms with E-state index in [4.69, 9.17) is 4.74 Å². The van der Waals surface area contributed by atoms with Crippen molar-refractivity contribution in [1.29, 1.82) is 0 Å². The molecule has 1 amide bonds. The molecule has 6 nitrogen and oxygen atoms in total. The highest BCUT2D eigenvalue weighted by Gasteiger charge is 2.05. The number of nitrogens with one attached hydrogen (secondary N) is 1. The quantitative estimate of drug-likeness (QED) is 0.496. The number of carbonyl (C=O) groups excluding carboxylic acids is 2. The fourth-order valence-corrected chi connectivity index (χ4v) is 2.68. The maximum Gasteiger partial charge on any atom is 0.331 e. The van der Waals surface area contributed by atoms with Gasteiger partial charge in [-0.1, -0.05) is 36.4 Å². The predicted octanol–water partition coefficient (Wildman–Crippen LogP) is 3.17. The summed E-state index contributed by atoms with van der Waals surface area (Å²) >= 11 is 0. The molecule has 0 atom stereocenters. The second kappa shape index (κ2) is 9.50. The minimum atomic E-state index is -0.592. The third-order valence-electron chi connectivity index (χ3n) is 4.30. The molecule has 0 bridgehead atoms. The van der Waals surface area contributed by atoms with Gasteiger partial charge in [0.05, 0.1) is 11.2 Å². The number of aromatic nitrogens is 1. The lowest BCUT2D eigenvalue weighted by atomic mass is 10.2. The fraction of sp³-hybridized carbons (Fsp3) is 0.174. The van der Waals surface area contributed by atoms with E-state index < -0.39 is 5.97 Å². The van der Waals surface area contributed by atoms with Gasteiger partial charge in [-0.15, -0.1) is 0 Å². The molecule has 0 aliphatic heterocycles. The number of nitrogens with zero attached hydrogens (tertiary/aromatic N) is 2. The molecular weight excluding hydrogens is 366 g/mol. The molecule has 3 aromatic rings. The topological polar surface area (TPSA) is 71.5 Å². The van der Waals surface area contributed by atoms with Crippen molar-refractivity contribution < 1.29 is 14.3 Å². The molecule has 1 heterocycles. The fourth-order valence-electron chi connectivity index (χ4n) is 2.68. The van der Waals surface area contributed by atoms with Crippen molar-refractivity contribution in [1.82, 2.24) is 10.3 Å². The Morgan fingerprint density at radius 3 is 2.55 bits per heavy atom. The zero-order chi connectivity index (χ0) is 20.6. The molecule has 0 radical (unpaired) electrons. The van der Waals surface area contributed by atoms with E-state index in [1.807, 2.05) is 79.7 Å². The number of amides is 1. The van der Waals surface area contributed by atoms with Gasteiger partial charge >= 0.3 is 5.97 Å². The van der Waals surface area contributed by atoms with Crippen molar-refractivity contribution >= 4 is 34.5 Å². The average Bonchev–Trinajstić information content (AvgIpc) is 2.75.